The Morgan fingerprint density at radius 1 is 1.35 bits per heavy atom. The van der Waals surface area contributed by atoms with Gasteiger partial charge in [-0.05, 0) is 50.8 Å². The molecule has 10 nitrogen and oxygen atoms in total. The first kappa shape index (κ1) is 29.4. The highest BCUT2D eigenvalue weighted by atomic mass is 35.5. The lowest BCUT2D eigenvalue weighted by Crippen LogP contribution is -2.55. The molecule has 37 heavy (non-hydrogen) atoms. The smallest absolute Gasteiger partial charge is 0.272 e. The predicted molar refractivity (Wildman–Crippen MR) is 143 cm³/mol. The Morgan fingerprint density at radius 3 is 2.54 bits per heavy atom. The number of carbonyl (C=O) groups is 2. The number of amides is 2. The third-order valence-electron chi connectivity index (χ3n) is 7.58. The fourth-order valence-corrected chi connectivity index (χ4v) is 7.73. The summed E-state index contributed by atoms with van der Waals surface area (Å²) in [6.07, 6.45) is 1.12. The first-order valence-electron chi connectivity index (χ1n) is 11.8. The highest BCUT2D eigenvalue weighted by Gasteiger charge is 2.62. The Labute approximate surface area is 227 Å². The van der Waals surface area contributed by atoms with E-state index in [-0.39, 0.29) is 49.2 Å². The standard InChI is InChI=1S/C24H32ClN5O5S.ClH/c1-23(2,17(26)13-31)36(34,35)24(8-9-24)10-15-12-28-22(33)20-18(15)19(29-30(20)3)21(32)27-11-14-4-6-16(25)7-5-14;/h4-7,15,17,31H,8-13,26H2,1-3H3,(H,27,32)(H,28,33);1H/t15-,17?;/m0./s1. The topological polar surface area (TPSA) is 156 Å². The molecule has 1 aliphatic carbocycles. The number of nitrogens with one attached hydrogen (secondary N) is 2. The van der Waals surface area contributed by atoms with Gasteiger partial charge in [0, 0.05) is 42.7 Å². The maximum atomic E-state index is 13.7. The number of hydrogen-bond acceptors (Lipinski definition) is 7. The van der Waals surface area contributed by atoms with Gasteiger partial charge in [0.25, 0.3) is 11.8 Å². The maximum Gasteiger partial charge on any atom is 0.272 e. The largest absolute Gasteiger partial charge is 0.395 e. The van der Waals surface area contributed by atoms with Gasteiger partial charge in [0.2, 0.25) is 0 Å². The van der Waals surface area contributed by atoms with E-state index in [9.17, 15) is 23.1 Å². The summed E-state index contributed by atoms with van der Waals surface area (Å²) in [5.41, 5.74) is 7.65. The van der Waals surface area contributed by atoms with Crippen molar-refractivity contribution in [1.82, 2.24) is 20.4 Å². The second-order valence-corrected chi connectivity index (χ2v) is 13.6. The van der Waals surface area contributed by atoms with E-state index in [0.717, 1.165) is 5.56 Å². The zero-order chi connectivity index (χ0) is 26.5. The van der Waals surface area contributed by atoms with Crippen LogP contribution in [0.25, 0.3) is 0 Å². The summed E-state index contributed by atoms with van der Waals surface area (Å²) in [4.78, 5) is 25.9. The van der Waals surface area contributed by atoms with E-state index < -0.39 is 43.8 Å². The molecule has 2 atom stereocenters. The van der Waals surface area contributed by atoms with Gasteiger partial charge in [0.1, 0.15) is 5.69 Å². The van der Waals surface area contributed by atoms with Crippen LogP contribution in [0.1, 0.15) is 71.1 Å². The van der Waals surface area contributed by atoms with Crippen molar-refractivity contribution in [2.45, 2.75) is 61.1 Å². The number of rotatable bonds is 9. The van der Waals surface area contributed by atoms with Gasteiger partial charge < -0.3 is 21.5 Å². The van der Waals surface area contributed by atoms with Crippen LogP contribution >= 0.6 is 24.0 Å². The van der Waals surface area contributed by atoms with Crippen molar-refractivity contribution >= 4 is 45.7 Å². The number of aryl methyl sites for hydroxylation is 1. The zero-order valence-electron chi connectivity index (χ0n) is 21.0. The van der Waals surface area contributed by atoms with E-state index in [1.807, 2.05) is 0 Å². The Hall–Kier alpha value is -2.18. The molecule has 13 heteroatoms. The Bertz CT molecular complexity index is 1290. The first-order chi connectivity index (χ1) is 16.8. The molecule has 204 valence electrons. The van der Waals surface area contributed by atoms with Crippen LogP contribution in [0.3, 0.4) is 0 Å². The molecule has 0 saturated heterocycles. The highest BCUT2D eigenvalue weighted by molar-refractivity contribution is 7.94. The molecule has 1 aliphatic heterocycles. The lowest BCUT2D eigenvalue weighted by molar-refractivity contribution is 0.0929. The molecule has 0 bridgehead atoms. The summed E-state index contributed by atoms with van der Waals surface area (Å²) in [6.45, 7) is 3.06. The van der Waals surface area contributed by atoms with Crippen LogP contribution in [0.5, 0.6) is 0 Å². The molecular weight excluding hydrogens is 541 g/mol. The second kappa shape index (κ2) is 10.5. The van der Waals surface area contributed by atoms with Crippen molar-refractivity contribution in [2.75, 3.05) is 13.2 Å². The van der Waals surface area contributed by atoms with E-state index in [4.69, 9.17) is 17.3 Å². The molecule has 5 N–H and O–H groups in total. The monoisotopic (exact) mass is 573 g/mol. The van der Waals surface area contributed by atoms with Gasteiger partial charge in [0.05, 0.1) is 16.1 Å². The molecule has 2 heterocycles. The van der Waals surface area contributed by atoms with Crippen LogP contribution in [-0.2, 0) is 23.4 Å². The van der Waals surface area contributed by atoms with Crippen molar-refractivity contribution in [3.63, 3.8) is 0 Å². The molecule has 2 aromatic rings. The number of nitrogens with two attached hydrogens (primary N) is 1. The van der Waals surface area contributed by atoms with Gasteiger partial charge in [-0.1, -0.05) is 23.7 Å². The van der Waals surface area contributed by atoms with Crippen molar-refractivity contribution in [3.8, 4) is 0 Å². The van der Waals surface area contributed by atoms with Gasteiger partial charge in [-0.15, -0.1) is 12.4 Å². The van der Waals surface area contributed by atoms with E-state index in [1.54, 1.807) is 31.3 Å². The minimum absolute atomic E-state index is 0. The summed E-state index contributed by atoms with van der Waals surface area (Å²) in [7, 11) is -2.18. The molecule has 0 radical (unpaired) electrons. The highest BCUT2D eigenvalue weighted by Crippen LogP contribution is 2.54. The zero-order valence-corrected chi connectivity index (χ0v) is 23.3. The Kier molecular flexibility index (Phi) is 8.36. The Morgan fingerprint density at radius 2 is 1.97 bits per heavy atom. The summed E-state index contributed by atoms with van der Waals surface area (Å²) in [5, 5.41) is 20.1. The summed E-state index contributed by atoms with van der Waals surface area (Å²) < 4.78 is 26.4. The minimum Gasteiger partial charge on any atom is -0.395 e. The molecule has 1 unspecified atom stereocenters. The lowest BCUT2D eigenvalue weighted by Gasteiger charge is -2.36. The van der Waals surface area contributed by atoms with Crippen molar-refractivity contribution in [2.24, 2.45) is 12.8 Å². The summed E-state index contributed by atoms with van der Waals surface area (Å²) in [5.74, 6) is -1.23. The summed E-state index contributed by atoms with van der Waals surface area (Å²) in [6, 6.07) is 6.12. The number of aliphatic hydroxyl groups excluding tert-OH is 1. The lowest BCUT2D eigenvalue weighted by atomic mass is 9.88. The van der Waals surface area contributed by atoms with Crippen LogP contribution in [0, 0.1) is 0 Å². The molecular formula is C24H33Cl2N5O5S. The summed E-state index contributed by atoms with van der Waals surface area (Å²) >= 11 is 5.93. The fourth-order valence-electron chi connectivity index (χ4n) is 4.96. The third kappa shape index (κ3) is 5.12. The first-order valence-corrected chi connectivity index (χ1v) is 13.7. The molecule has 2 aliphatic rings. The van der Waals surface area contributed by atoms with Gasteiger partial charge in [-0.3, -0.25) is 14.3 Å². The number of carbonyl (C=O) groups excluding carboxylic acids is 2. The van der Waals surface area contributed by atoms with Crippen LogP contribution < -0.4 is 16.4 Å². The second-order valence-electron chi connectivity index (χ2n) is 10.2. The van der Waals surface area contributed by atoms with Crippen molar-refractivity contribution in [1.29, 1.82) is 0 Å². The van der Waals surface area contributed by atoms with Gasteiger partial charge in [-0.2, -0.15) is 5.10 Å². The number of fused-ring (bicyclic) bond motifs is 1. The molecule has 1 aromatic heterocycles. The average molecular weight is 575 g/mol. The average Bonchev–Trinajstić information content (AvgIpc) is 3.55. The number of aromatic nitrogens is 2. The molecule has 2 amide bonds. The number of hydrogen-bond donors (Lipinski definition) is 4. The maximum absolute atomic E-state index is 13.7. The molecule has 1 fully saturated rings. The number of benzene rings is 1. The van der Waals surface area contributed by atoms with Gasteiger partial charge >= 0.3 is 0 Å². The van der Waals surface area contributed by atoms with E-state index in [1.165, 1.54) is 18.5 Å². The number of halogens is 2. The third-order valence-corrected chi connectivity index (χ3v) is 11.2. The van der Waals surface area contributed by atoms with Gasteiger partial charge in [0.15, 0.2) is 15.5 Å². The fraction of sp³-hybridized carbons (Fsp3) is 0.542. The predicted octanol–water partition coefficient (Wildman–Crippen LogP) is 1.69. The molecule has 1 saturated carbocycles. The van der Waals surface area contributed by atoms with Crippen LogP contribution in [0.15, 0.2) is 24.3 Å². The molecule has 1 aromatic carbocycles. The van der Waals surface area contributed by atoms with Crippen molar-refractivity contribution < 1.29 is 23.1 Å². The number of nitrogens with zero attached hydrogens (tertiary/aromatic N) is 2. The molecule has 0 spiro atoms. The number of sulfone groups is 1. The SMILES string of the molecule is Cl.Cn1nc(C(=O)NCc2ccc(Cl)cc2)c2c1C(=O)NC[C@@H]2CC1(S(=O)(=O)C(C)(C)C(N)CO)CC1. The molecule has 4 rings (SSSR count). The van der Waals surface area contributed by atoms with E-state index in [2.05, 4.69) is 15.7 Å². The van der Waals surface area contributed by atoms with Crippen LogP contribution in [0.2, 0.25) is 5.02 Å². The normalized spacial score (nSPS) is 19.3. The Balaban J connectivity index is 0.00000380. The quantitative estimate of drug-likeness (QED) is 0.355. The van der Waals surface area contributed by atoms with E-state index in [0.29, 0.717) is 23.4 Å². The number of aliphatic hydroxyl groups is 1. The minimum atomic E-state index is -3.77. The van der Waals surface area contributed by atoms with E-state index >= 15 is 0 Å². The van der Waals surface area contributed by atoms with Crippen LogP contribution in [0.4, 0.5) is 0 Å². The van der Waals surface area contributed by atoms with Crippen molar-refractivity contribution in [3.05, 3.63) is 51.8 Å². The van der Waals surface area contributed by atoms with Crippen LogP contribution in [-0.4, -0.2) is 63.8 Å². The van der Waals surface area contributed by atoms with Gasteiger partial charge in [-0.25, -0.2) is 8.42 Å².